The molecule has 0 rings (SSSR count). The fourth-order valence-corrected chi connectivity index (χ4v) is 0. The summed E-state index contributed by atoms with van der Waals surface area (Å²) in [5.41, 5.74) is 0. The molecule has 0 unspecified atom stereocenters. The van der Waals surface area contributed by atoms with Crippen molar-refractivity contribution < 1.29 is 0 Å². The van der Waals surface area contributed by atoms with E-state index in [2.05, 4.69) is 48.5 Å². The Morgan fingerprint density at radius 1 is 0.500 bits per heavy atom. The van der Waals surface area contributed by atoms with Gasteiger partial charge in [0, 0.05) is 0 Å². The molecule has 0 N–H and O–H groups in total. The van der Waals surface area contributed by atoms with Gasteiger partial charge < -0.3 is 0 Å². The topological polar surface area (TPSA) is 0 Å². The summed E-state index contributed by atoms with van der Waals surface area (Å²) < 4.78 is 0. The lowest BCUT2D eigenvalue weighted by Gasteiger charge is -2.05. The van der Waals surface area contributed by atoms with E-state index in [9.17, 15) is 0 Å². The van der Waals surface area contributed by atoms with E-state index in [-0.39, 0.29) is 0 Å². The van der Waals surface area contributed by atoms with Crippen molar-refractivity contribution >= 4 is 0 Å². The van der Waals surface area contributed by atoms with Crippen molar-refractivity contribution in [2.45, 2.75) is 48.5 Å². The molecule has 0 nitrogen and oxygen atoms in total. The molecule has 0 aliphatic heterocycles. The molecule has 0 saturated carbocycles. The van der Waals surface area contributed by atoms with Crippen LogP contribution in [-0.4, -0.2) is 0 Å². The highest BCUT2D eigenvalue weighted by atomic mass is 14.0. The van der Waals surface area contributed by atoms with Gasteiger partial charge in [-0.05, 0) is 17.8 Å². The number of rotatable bonds is 1. The van der Waals surface area contributed by atoms with Gasteiger partial charge in [-0.25, -0.2) is 0 Å². The quantitative estimate of drug-likeness (QED) is 0.522. The first-order valence-corrected chi connectivity index (χ1v) is 4.37. The Hall–Kier alpha value is 0. The van der Waals surface area contributed by atoms with E-state index in [1.165, 1.54) is 0 Å². The minimum absolute atomic E-state index is 0.833. The zero-order valence-corrected chi connectivity index (χ0v) is 8.73. The predicted molar refractivity (Wildman–Crippen MR) is 50.2 cm³/mol. The molecular weight excluding hydrogens is 120 g/mol. The van der Waals surface area contributed by atoms with Crippen LogP contribution in [0.15, 0.2) is 0 Å². The van der Waals surface area contributed by atoms with Crippen LogP contribution >= 0.6 is 0 Å². The molecule has 64 valence electrons. The van der Waals surface area contributed by atoms with Crippen LogP contribution in [0.5, 0.6) is 0 Å². The molecule has 0 radical (unpaired) electrons. The van der Waals surface area contributed by atoms with E-state index in [4.69, 9.17) is 0 Å². The summed E-state index contributed by atoms with van der Waals surface area (Å²) in [6.45, 7) is 15.5. The average Bonchev–Trinajstić information content (AvgIpc) is 1.63. The molecule has 0 aromatic heterocycles. The summed E-state index contributed by atoms with van der Waals surface area (Å²) >= 11 is 0. The molecule has 0 bridgehead atoms. The average molecular weight is 144 g/mol. The molecule has 0 atom stereocenters. The molecule has 0 aromatic rings. The Morgan fingerprint density at radius 2 is 0.600 bits per heavy atom. The van der Waals surface area contributed by atoms with Gasteiger partial charge in [0.15, 0.2) is 0 Å². The molecule has 0 heterocycles. The van der Waals surface area contributed by atoms with E-state index in [0.29, 0.717) is 0 Å². The Kier molecular flexibility index (Phi) is 9.00. The largest absolute Gasteiger partial charge is 0.0630 e. The minimum atomic E-state index is 0.833. The highest BCUT2D eigenvalue weighted by Crippen LogP contribution is 2.05. The minimum Gasteiger partial charge on any atom is -0.0630 e. The lowest BCUT2D eigenvalue weighted by Crippen LogP contribution is -1.95. The van der Waals surface area contributed by atoms with Crippen molar-refractivity contribution in [2.75, 3.05) is 0 Å². The van der Waals surface area contributed by atoms with Gasteiger partial charge in [0.25, 0.3) is 0 Å². The van der Waals surface area contributed by atoms with Crippen LogP contribution in [0.25, 0.3) is 0 Å². The highest BCUT2D eigenvalue weighted by Gasteiger charge is 1.95. The van der Waals surface area contributed by atoms with Crippen LogP contribution in [0.4, 0.5) is 0 Å². The van der Waals surface area contributed by atoms with Gasteiger partial charge in [-0.15, -0.1) is 0 Å². The maximum Gasteiger partial charge on any atom is -0.0448 e. The maximum atomic E-state index is 2.24. The third kappa shape index (κ3) is 24.5. The highest BCUT2D eigenvalue weighted by molar-refractivity contribution is 4.46. The van der Waals surface area contributed by atoms with Crippen LogP contribution in [0, 0.1) is 17.8 Å². The second-order valence-electron chi connectivity index (χ2n) is 4.22. The molecule has 0 aliphatic rings. The lowest BCUT2D eigenvalue weighted by molar-refractivity contribution is 0.457. The third-order valence-corrected chi connectivity index (χ3v) is 1.33. The molecule has 0 aromatic carbocycles. The van der Waals surface area contributed by atoms with Crippen molar-refractivity contribution in [2.24, 2.45) is 17.8 Å². The van der Waals surface area contributed by atoms with Crippen LogP contribution in [0.3, 0.4) is 0 Å². The summed E-state index contributed by atoms with van der Waals surface area (Å²) in [6.07, 6.45) is 0. The standard InChI is InChI=1S/C6H14.C4H10/c1-5(2)6(3)4;1-4(2)3/h5-6H,1-4H3;4H,1-3H3. The summed E-state index contributed by atoms with van der Waals surface area (Å²) in [6, 6.07) is 0. The zero-order valence-electron chi connectivity index (χ0n) is 8.73. The van der Waals surface area contributed by atoms with Gasteiger partial charge >= 0.3 is 0 Å². The molecule has 0 aliphatic carbocycles. The smallest absolute Gasteiger partial charge is 0.0448 e. The van der Waals surface area contributed by atoms with Crippen molar-refractivity contribution in [3.8, 4) is 0 Å². The second kappa shape index (κ2) is 7.11. The third-order valence-electron chi connectivity index (χ3n) is 1.33. The molecule has 0 spiro atoms. The maximum absolute atomic E-state index is 2.24. The van der Waals surface area contributed by atoms with Crippen LogP contribution in [-0.2, 0) is 0 Å². The fraction of sp³-hybridized carbons (Fsp3) is 1.00. The summed E-state index contributed by atoms with van der Waals surface area (Å²) in [5, 5.41) is 0. The SMILES string of the molecule is CC(C)C.CC(C)C(C)C. The van der Waals surface area contributed by atoms with Crippen LogP contribution in [0.1, 0.15) is 48.5 Å². The lowest BCUT2D eigenvalue weighted by atomic mass is 10.0. The predicted octanol–water partition coefficient (Wildman–Crippen LogP) is 3.96. The molecular formula is C10H24. The Morgan fingerprint density at radius 3 is 0.600 bits per heavy atom. The first-order valence-electron chi connectivity index (χ1n) is 4.37. The monoisotopic (exact) mass is 144 g/mol. The first-order chi connectivity index (χ1) is 4.37. The second-order valence-corrected chi connectivity index (χ2v) is 4.22. The Balaban J connectivity index is 0. The summed E-state index contributed by atoms with van der Waals surface area (Å²) in [4.78, 5) is 0. The summed E-state index contributed by atoms with van der Waals surface area (Å²) in [7, 11) is 0. The molecule has 0 fully saturated rings. The van der Waals surface area contributed by atoms with Gasteiger partial charge in [-0.1, -0.05) is 48.5 Å². The fourth-order valence-electron chi connectivity index (χ4n) is 0. The van der Waals surface area contributed by atoms with E-state index in [0.717, 1.165) is 17.8 Å². The van der Waals surface area contributed by atoms with Crippen molar-refractivity contribution in [1.82, 2.24) is 0 Å². The molecule has 0 saturated heterocycles. The Bertz CT molecular complexity index is 42.3. The zero-order chi connectivity index (χ0) is 8.73. The van der Waals surface area contributed by atoms with Gasteiger partial charge in [-0.2, -0.15) is 0 Å². The Labute approximate surface area is 67.0 Å². The van der Waals surface area contributed by atoms with Crippen LogP contribution in [0.2, 0.25) is 0 Å². The van der Waals surface area contributed by atoms with Gasteiger partial charge in [0.1, 0.15) is 0 Å². The number of hydrogen-bond acceptors (Lipinski definition) is 0. The molecule has 0 heteroatoms. The van der Waals surface area contributed by atoms with Gasteiger partial charge in [0.2, 0.25) is 0 Å². The van der Waals surface area contributed by atoms with E-state index < -0.39 is 0 Å². The molecule has 0 amide bonds. The first kappa shape index (κ1) is 12.7. The van der Waals surface area contributed by atoms with Crippen molar-refractivity contribution in [1.29, 1.82) is 0 Å². The van der Waals surface area contributed by atoms with E-state index in [1.54, 1.807) is 0 Å². The van der Waals surface area contributed by atoms with Gasteiger partial charge in [-0.3, -0.25) is 0 Å². The number of hydrogen-bond donors (Lipinski definition) is 0. The van der Waals surface area contributed by atoms with Gasteiger partial charge in [0.05, 0.1) is 0 Å². The van der Waals surface area contributed by atoms with Crippen molar-refractivity contribution in [3.63, 3.8) is 0 Å². The summed E-state index contributed by atoms with van der Waals surface area (Å²) in [5.74, 6) is 2.54. The van der Waals surface area contributed by atoms with Crippen molar-refractivity contribution in [3.05, 3.63) is 0 Å². The normalized spacial score (nSPS) is 10.2. The van der Waals surface area contributed by atoms with E-state index in [1.807, 2.05) is 0 Å². The van der Waals surface area contributed by atoms with E-state index >= 15 is 0 Å². The molecule has 10 heavy (non-hydrogen) atoms. The van der Waals surface area contributed by atoms with Crippen LogP contribution < -0.4 is 0 Å².